The number of benzene rings is 1. The Labute approximate surface area is 129 Å². The molecule has 1 aliphatic rings. The average molecular weight is 305 g/mol. The second-order valence-corrected chi connectivity index (χ2v) is 5.87. The Hall–Kier alpha value is -2.17. The fourth-order valence-electron chi connectivity index (χ4n) is 3.05. The van der Waals surface area contributed by atoms with E-state index in [0.717, 1.165) is 0 Å². The Morgan fingerprint density at radius 2 is 2.23 bits per heavy atom. The van der Waals surface area contributed by atoms with E-state index in [4.69, 9.17) is 0 Å². The molecule has 5 heteroatoms. The number of allylic oxidation sites excluding steroid dienone is 1. The van der Waals surface area contributed by atoms with Crippen molar-refractivity contribution in [3.8, 4) is 0 Å². The van der Waals surface area contributed by atoms with Crippen molar-refractivity contribution >= 4 is 11.9 Å². The molecule has 0 unspecified atom stereocenters. The van der Waals surface area contributed by atoms with Gasteiger partial charge < -0.3 is 10.0 Å². The van der Waals surface area contributed by atoms with Crippen LogP contribution < -0.4 is 0 Å². The minimum atomic E-state index is -0.969. The minimum absolute atomic E-state index is 0.157. The molecule has 0 spiro atoms. The second kappa shape index (κ2) is 6.30. The van der Waals surface area contributed by atoms with Crippen molar-refractivity contribution < 1.29 is 19.1 Å². The molecule has 1 amide bonds. The lowest BCUT2D eigenvalue weighted by molar-refractivity contribution is -0.151. The van der Waals surface area contributed by atoms with E-state index in [0.29, 0.717) is 36.9 Å². The number of aliphatic carboxylic acids is 1. The molecule has 0 saturated carbocycles. The lowest BCUT2D eigenvalue weighted by atomic mass is 9.77. The maximum atomic E-state index is 13.2. The number of carboxylic acids is 1. The third-order valence-corrected chi connectivity index (χ3v) is 4.27. The summed E-state index contributed by atoms with van der Waals surface area (Å²) in [7, 11) is 0. The number of carbonyl (C=O) groups excluding carboxylic acids is 1. The molecule has 1 fully saturated rings. The highest BCUT2D eigenvalue weighted by Gasteiger charge is 2.42. The zero-order valence-corrected chi connectivity index (χ0v) is 12.6. The number of carbonyl (C=O) groups is 2. The summed E-state index contributed by atoms with van der Waals surface area (Å²) in [4.78, 5) is 25.8. The molecule has 0 radical (unpaired) electrons. The molecule has 1 N–H and O–H groups in total. The summed E-state index contributed by atoms with van der Waals surface area (Å²) in [6, 6.07) is 4.02. The van der Waals surface area contributed by atoms with E-state index in [1.54, 1.807) is 17.9 Å². The van der Waals surface area contributed by atoms with Crippen molar-refractivity contribution in [2.45, 2.75) is 26.2 Å². The van der Waals surface area contributed by atoms with E-state index in [2.05, 4.69) is 6.58 Å². The average Bonchev–Trinajstić information content (AvgIpc) is 2.47. The molecule has 1 aromatic carbocycles. The van der Waals surface area contributed by atoms with E-state index in [9.17, 15) is 19.1 Å². The summed E-state index contributed by atoms with van der Waals surface area (Å²) < 4.78 is 13.2. The smallest absolute Gasteiger partial charge is 0.311 e. The predicted octanol–water partition coefficient (Wildman–Crippen LogP) is 3.02. The summed E-state index contributed by atoms with van der Waals surface area (Å²) in [6.07, 6.45) is 3.08. The number of carboxylic acid groups (broad SMARTS) is 1. The van der Waals surface area contributed by atoms with Crippen LogP contribution in [0.5, 0.6) is 0 Å². The summed E-state index contributed by atoms with van der Waals surface area (Å²) >= 11 is 0. The SMILES string of the molecule is C=CC[C@]1(C(=O)O)CCCN(C(=O)c2ccc(F)cc2C)C1. The molecule has 0 bridgehead atoms. The number of likely N-dealkylation sites (tertiary alicyclic amines) is 1. The number of halogens is 1. The van der Waals surface area contributed by atoms with Crippen LogP contribution in [0.2, 0.25) is 0 Å². The van der Waals surface area contributed by atoms with Gasteiger partial charge in [0.25, 0.3) is 5.91 Å². The van der Waals surface area contributed by atoms with Gasteiger partial charge in [-0.05, 0) is 49.9 Å². The van der Waals surface area contributed by atoms with Crippen molar-refractivity contribution in [3.05, 3.63) is 47.8 Å². The number of rotatable bonds is 4. The maximum absolute atomic E-state index is 13.2. The van der Waals surface area contributed by atoms with Gasteiger partial charge in [0.1, 0.15) is 5.82 Å². The molecular formula is C17H20FNO3. The quantitative estimate of drug-likeness (QED) is 0.870. The third kappa shape index (κ3) is 3.03. The molecule has 4 nitrogen and oxygen atoms in total. The van der Waals surface area contributed by atoms with Crippen LogP contribution in [0.15, 0.2) is 30.9 Å². The van der Waals surface area contributed by atoms with Crippen molar-refractivity contribution in [1.82, 2.24) is 4.90 Å². The van der Waals surface area contributed by atoms with Crippen LogP contribution in [0.3, 0.4) is 0 Å². The van der Waals surface area contributed by atoms with Crippen LogP contribution in [0.25, 0.3) is 0 Å². The van der Waals surface area contributed by atoms with Crippen LogP contribution in [-0.2, 0) is 4.79 Å². The lowest BCUT2D eigenvalue weighted by Crippen LogP contribution is -2.49. The topological polar surface area (TPSA) is 57.6 Å². The van der Waals surface area contributed by atoms with Gasteiger partial charge in [0.15, 0.2) is 0 Å². The van der Waals surface area contributed by atoms with Gasteiger partial charge in [-0.2, -0.15) is 0 Å². The third-order valence-electron chi connectivity index (χ3n) is 4.27. The molecular weight excluding hydrogens is 285 g/mol. The normalized spacial score (nSPS) is 21.5. The Balaban J connectivity index is 2.26. The Kier molecular flexibility index (Phi) is 4.64. The molecule has 22 heavy (non-hydrogen) atoms. The van der Waals surface area contributed by atoms with Crippen LogP contribution in [0.4, 0.5) is 4.39 Å². The zero-order chi connectivity index (χ0) is 16.3. The Bertz CT molecular complexity index is 614. The molecule has 0 aromatic heterocycles. The van der Waals surface area contributed by atoms with E-state index in [1.807, 2.05) is 0 Å². The summed E-state index contributed by atoms with van der Waals surface area (Å²) in [6.45, 7) is 5.97. The van der Waals surface area contributed by atoms with Crippen LogP contribution in [0.1, 0.15) is 35.2 Å². The first-order valence-electron chi connectivity index (χ1n) is 7.29. The first-order chi connectivity index (χ1) is 10.4. The van der Waals surface area contributed by atoms with Gasteiger partial charge in [-0.3, -0.25) is 9.59 Å². The van der Waals surface area contributed by atoms with Crippen LogP contribution >= 0.6 is 0 Å². The number of aryl methyl sites for hydroxylation is 1. The number of hydrogen-bond donors (Lipinski definition) is 1. The van der Waals surface area contributed by atoms with Gasteiger partial charge in [0, 0.05) is 18.7 Å². The first-order valence-corrected chi connectivity index (χ1v) is 7.29. The van der Waals surface area contributed by atoms with Crippen molar-refractivity contribution in [1.29, 1.82) is 0 Å². The summed E-state index contributed by atoms with van der Waals surface area (Å²) in [5, 5.41) is 9.55. The predicted molar refractivity (Wildman–Crippen MR) is 81.2 cm³/mol. The molecule has 2 rings (SSSR count). The Morgan fingerprint density at radius 3 is 2.82 bits per heavy atom. The number of nitrogens with zero attached hydrogens (tertiary/aromatic N) is 1. The highest BCUT2D eigenvalue weighted by molar-refractivity contribution is 5.96. The van der Waals surface area contributed by atoms with Gasteiger partial charge in [-0.1, -0.05) is 6.08 Å². The number of piperidine rings is 1. The lowest BCUT2D eigenvalue weighted by Gasteiger charge is -2.39. The first kappa shape index (κ1) is 16.2. The minimum Gasteiger partial charge on any atom is -0.481 e. The van der Waals surface area contributed by atoms with Gasteiger partial charge in [-0.15, -0.1) is 6.58 Å². The molecule has 1 atom stereocenters. The summed E-state index contributed by atoms with van der Waals surface area (Å²) in [5.74, 6) is -1.54. The number of amides is 1. The molecule has 1 saturated heterocycles. The summed E-state index contributed by atoms with van der Waals surface area (Å²) in [5.41, 5.74) is 0.00487. The largest absolute Gasteiger partial charge is 0.481 e. The van der Waals surface area contributed by atoms with Crippen molar-refractivity contribution in [2.75, 3.05) is 13.1 Å². The van der Waals surface area contributed by atoms with E-state index in [1.165, 1.54) is 18.2 Å². The second-order valence-electron chi connectivity index (χ2n) is 5.87. The maximum Gasteiger partial charge on any atom is 0.311 e. The molecule has 0 aliphatic carbocycles. The van der Waals surface area contributed by atoms with Gasteiger partial charge in [0.05, 0.1) is 5.41 Å². The fourth-order valence-corrected chi connectivity index (χ4v) is 3.05. The van der Waals surface area contributed by atoms with E-state index >= 15 is 0 Å². The van der Waals surface area contributed by atoms with Crippen LogP contribution in [-0.4, -0.2) is 35.0 Å². The van der Waals surface area contributed by atoms with Crippen molar-refractivity contribution in [3.63, 3.8) is 0 Å². The molecule has 1 aromatic rings. The van der Waals surface area contributed by atoms with Gasteiger partial charge in [-0.25, -0.2) is 4.39 Å². The van der Waals surface area contributed by atoms with Crippen molar-refractivity contribution in [2.24, 2.45) is 5.41 Å². The van der Waals surface area contributed by atoms with Crippen LogP contribution in [0, 0.1) is 18.2 Å². The Morgan fingerprint density at radius 1 is 1.50 bits per heavy atom. The monoisotopic (exact) mass is 305 g/mol. The highest BCUT2D eigenvalue weighted by atomic mass is 19.1. The molecule has 118 valence electrons. The van der Waals surface area contributed by atoms with Gasteiger partial charge >= 0.3 is 5.97 Å². The standard InChI is InChI=1S/C17H20FNO3/c1-3-7-17(16(21)22)8-4-9-19(11-17)15(20)14-6-5-13(18)10-12(14)2/h3,5-6,10H,1,4,7-9,11H2,2H3,(H,21,22)/t17-/m0/s1. The molecule has 1 heterocycles. The highest BCUT2D eigenvalue weighted by Crippen LogP contribution is 2.35. The zero-order valence-electron chi connectivity index (χ0n) is 12.6. The van der Waals surface area contributed by atoms with E-state index < -0.39 is 11.4 Å². The fraction of sp³-hybridized carbons (Fsp3) is 0.412. The molecule has 1 aliphatic heterocycles. The number of hydrogen-bond acceptors (Lipinski definition) is 2. The van der Waals surface area contributed by atoms with E-state index in [-0.39, 0.29) is 18.3 Å². The van der Waals surface area contributed by atoms with Gasteiger partial charge in [0.2, 0.25) is 0 Å².